The summed E-state index contributed by atoms with van der Waals surface area (Å²) in [6.07, 6.45) is 1.74. The van der Waals surface area contributed by atoms with Crippen molar-refractivity contribution < 1.29 is 19.4 Å². The molecule has 2 aliphatic heterocycles. The number of nitrogens with zero attached hydrogens (tertiary/aromatic N) is 3. The average molecular weight is 406 g/mol. The lowest BCUT2D eigenvalue weighted by Gasteiger charge is -2.47. The lowest BCUT2D eigenvalue weighted by Crippen LogP contribution is -2.56. The number of aliphatic hydroxyl groups is 1. The van der Waals surface area contributed by atoms with Crippen LogP contribution in [0.3, 0.4) is 0 Å². The van der Waals surface area contributed by atoms with Crippen LogP contribution in [-0.4, -0.2) is 92.9 Å². The Morgan fingerprint density at radius 1 is 1.28 bits per heavy atom. The van der Waals surface area contributed by atoms with Crippen LogP contribution >= 0.6 is 0 Å². The van der Waals surface area contributed by atoms with Gasteiger partial charge in [0.15, 0.2) is 11.5 Å². The Balaban J connectivity index is 1.66. The van der Waals surface area contributed by atoms with Crippen LogP contribution in [0.4, 0.5) is 0 Å². The molecule has 7 heteroatoms. The zero-order valence-electron chi connectivity index (χ0n) is 18.2. The number of amides is 1. The van der Waals surface area contributed by atoms with E-state index in [4.69, 9.17) is 9.47 Å². The third-order valence-electron chi connectivity index (χ3n) is 6.18. The molecule has 2 aliphatic rings. The van der Waals surface area contributed by atoms with Crippen LogP contribution in [0.1, 0.15) is 24.8 Å². The molecule has 0 aliphatic carbocycles. The van der Waals surface area contributed by atoms with Gasteiger partial charge in [-0.15, -0.1) is 0 Å². The number of ether oxygens (including phenoxy) is 2. The number of likely N-dealkylation sites (N-methyl/N-ethyl adjacent to an activating group) is 2. The molecule has 0 aromatic heterocycles. The summed E-state index contributed by atoms with van der Waals surface area (Å²) in [6, 6.07) is 6.01. The molecule has 7 nitrogen and oxygen atoms in total. The summed E-state index contributed by atoms with van der Waals surface area (Å²) in [6.45, 7) is 4.31. The summed E-state index contributed by atoms with van der Waals surface area (Å²) in [4.78, 5) is 18.9. The molecule has 1 amide bonds. The van der Waals surface area contributed by atoms with E-state index in [1.54, 1.807) is 19.1 Å². The minimum Gasteiger partial charge on any atom is -0.493 e. The molecule has 29 heavy (non-hydrogen) atoms. The topological polar surface area (TPSA) is 65.5 Å². The average Bonchev–Trinajstić information content (AvgIpc) is 2.68. The van der Waals surface area contributed by atoms with Gasteiger partial charge in [-0.05, 0) is 52.5 Å². The van der Waals surface area contributed by atoms with Gasteiger partial charge >= 0.3 is 0 Å². The number of β-amino-alcohol motifs (C(OH)–C–C–N with tert-alkyl or cyclic N) is 1. The first kappa shape index (κ1) is 21.9. The van der Waals surface area contributed by atoms with E-state index in [-0.39, 0.29) is 5.91 Å². The van der Waals surface area contributed by atoms with Crippen molar-refractivity contribution in [3.05, 3.63) is 23.8 Å². The number of hydrogen-bond donors (Lipinski definition) is 1. The van der Waals surface area contributed by atoms with Gasteiger partial charge in [0.2, 0.25) is 5.91 Å². The molecule has 0 saturated carbocycles. The van der Waals surface area contributed by atoms with Gasteiger partial charge in [0, 0.05) is 32.2 Å². The highest BCUT2D eigenvalue weighted by molar-refractivity contribution is 5.83. The fraction of sp³-hybridized carbons (Fsp3) is 0.682. The van der Waals surface area contributed by atoms with E-state index in [2.05, 4.69) is 15.9 Å². The monoisotopic (exact) mass is 405 g/mol. The standard InChI is InChI=1S/C22H35N3O4/c1-23(2)12-13-29-20-17(6-5-7-19(20)28-4)15-25-10-8-22(9-11-25)14-18(26)16-24(3)21(22)27/h5-7,18,26H,8-16H2,1-4H3. The number of carbonyl (C=O) groups excluding carboxylic acids is 1. The molecule has 2 fully saturated rings. The fourth-order valence-electron chi connectivity index (χ4n) is 4.55. The van der Waals surface area contributed by atoms with E-state index in [1.807, 2.05) is 26.2 Å². The van der Waals surface area contributed by atoms with E-state index < -0.39 is 11.5 Å². The summed E-state index contributed by atoms with van der Waals surface area (Å²) < 4.78 is 11.6. The smallest absolute Gasteiger partial charge is 0.228 e. The van der Waals surface area contributed by atoms with Gasteiger partial charge in [0.25, 0.3) is 0 Å². The Labute approximate surface area is 174 Å². The summed E-state index contributed by atoms with van der Waals surface area (Å²) in [5.41, 5.74) is 0.702. The van der Waals surface area contributed by atoms with Crippen molar-refractivity contribution >= 4 is 5.91 Å². The van der Waals surface area contributed by atoms with Crippen LogP contribution < -0.4 is 9.47 Å². The number of carbonyl (C=O) groups is 1. The van der Waals surface area contributed by atoms with Crippen molar-refractivity contribution in [3.8, 4) is 11.5 Å². The first-order valence-electron chi connectivity index (χ1n) is 10.4. The second kappa shape index (κ2) is 9.32. The van der Waals surface area contributed by atoms with Crippen LogP contribution in [0.15, 0.2) is 18.2 Å². The number of rotatable bonds is 7. The van der Waals surface area contributed by atoms with E-state index in [0.717, 1.165) is 56.1 Å². The molecular formula is C22H35N3O4. The molecule has 1 aromatic carbocycles. The molecule has 1 aromatic rings. The minimum atomic E-state index is -0.417. The van der Waals surface area contributed by atoms with Gasteiger partial charge in [-0.2, -0.15) is 0 Å². The van der Waals surface area contributed by atoms with Crippen LogP contribution in [-0.2, 0) is 11.3 Å². The van der Waals surface area contributed by atoms with Crippen molar-refractivity contribution in [2.75, 3.05) is 61.0 Å². The van der Waals surface area contributed by atoms with Crippen molar-refractivity contribution in [1.29, 1.82) is 0 Å². The quantitative estimate of drug-likeness (QED) is 0.741. The van der Waals surface area contributed by atoms with Gasteiger partial charge in [-0.3, -0.25) is 9.69 Å². The maximum absolute atomic E-state index is 12.8. The summed E-state index contributed by atoms with van der Waals surface area (Å²) >= 11 is 0. The van der Waals surface area contributed by atoms with Crippen molar-refractivity contribution in [3.63, 3.8) is 0 Å². The predicted octanol–water partition coefficient (Wildman–Crippen LogP) is 1.44. The van der Waals surface area contributed by atoms with E-state index >= 15 is 0 Å². The number of benzene rings is 1. The first-order chi connectivity index (χ1) is 13.8. The Morgan fingerprint density at radius 2 is 2.00 bits per heavy atom. The summed E-state index contributed by atoms with van der Waals surface area (Å²) in [7, 11) is 7.51. The largest absolute Gasteiger partial charge is 0.493 e. The lowest BCUT2D eigenvalue weighted by atomic mass is 9.71. The van der Waals surface area contributed by atoms with Crippen LogP contribution in [0.5, 0.6) is 11.5 Å². The molecule has 1 N–H and O–H groups in total. The molecule has 3 rings (SSSR count). The lowest BCUT2D eigenvalue weighted by molar-refractivity contribution is -0.154. The molecule has 1 spiro atoms. The van der Waals surface area contributed by atoms with Crippen molar-refractivity contribution in [2.45, 2.75) is 31.9 Å². The molecule has 2 heterocycles. The normalized spacial score (nSPS) is 22.3. The van der Waals surface area contributed by atoms with E-state index in [0.29, 0.717) is 19.6 Å². The Kier molecular flexibility index (Phi) is 7.03. The molecule has 1 unspecified atom stereocenters. The highest BCUT2D eigenvalue weighted by Gasteiger charge is 2.47. The van der Waals surface area contributed by atoms with Gasteiger partial charge in [0.05, 0.1) is 18.6 Å². The maximum Gasteiger partial charge on any atom is 0.228 e. The molecule has 162 valence electrons. The number of methoxy groups -OCH3 is 1. The fourth-order valence-corrected chi connectivity index (χ4v) is 4.55. The van der Waals surface area contributed by atoms with Crippen molar-refractivity contribution in [1.82, 2.24) is 14.7 Å². The zero-order valence-corrected chi connectivity index (χ0v) is 18.2. The third-order valence-corrected chi connectivity index (χ3v) is 6.18. The van der Waals surface area contributed by atoms with Crippen LogP contribution in [0.25, 0.3) is 0 Å². The predicted molar refractivity (Wildman–Crippen MR) is 112 cm³/mol. The van der Waals surface area contributed by atoms with Crippen LogP contribution in [0.2, 0.25) is 0 Å². The number of hydrogen-bond acceptors (Lipinski definition) is 6. The van der Waals surface area contributed by atoms with Crippen molar-refractivity contribution in [2.24, 2.45) is 5.41 Å². The number of likely N-dealkylation sites (tertiary alicyclic amines) is 2. The zero-order chi connectivity index (χ0) is 21.0. The highest BCUT2D eigenvalue weighted by atomic mass is 16.5. The molecule has 2 saturated heterocycles. The highest BCUT2D eigenvalue weighted by Crippen LogP contribution is 2.41. The molecule has 0 bridgehead atoms. The molecule has 0 radical (unpaired) electrons. The Hall–Kier alpha value is -1.83. The molecular weight excluding hydrogens is 370 g/mol. The summed E-state index contributed by atoms with van der Waals surface area (Å²) in [5, 5.41) is 10.2. The first-order valence-corrected chi connectivity index (χ1v) is 10.4. The second-order valence-electron chi connectivity index (χ2n) is 8.70. The van der Waals surface area contributed by atoms with Gasteiger partial charge in [-0.25, -0.2) is 0 Å². The summed E-state index contributed by atoms with van der Waals surface area (Å²) in [5.74, 6) is 1.75. The minimum absolute atomic E-state index is 0.191. The van der Waals surface area contributed by atoms with Gasteiger partial charge in [0.1, 0.15) is 6.61 Å². The Morgan fingerprint density at radius 3 is 2.66 bits per heavy atom. The van der Waals surface area contributed by atoms with Gasteiger partial charge in [-0.1, -0.05) is 12.1 Å². The van der Waals surface area contributed by atoms with Gasteiger partial charge < -0.3 is 24.4 Å². The number of para-hydroxylation sites is 1. The van der Waals surface area contributed by atoms with E-state index in [9.17, 15) is 9.90 Å². The third kappa shape index (κ3) is 5.02. The van der Waals surface area contributed by atoms with E-state index in [1.165, 1.54) is 0 Å². The molecule has 1 atom stereocenters. The SMILES string of the molecule is COc1cccc(CN2CCC3(CC2)CC(O)CN(C)C3=O)c1OCCN(C)C. The maximum atomic E-state index is 12.8. The number of piperidine rings is 2. The Bertz CT molecular complexity index is 701. The number of aliphatic hydroxyl groups excluding tert-OH is 1. The second-order valence-corrected chi connectivity index (χ2v) is 8.70. The van der Waals surface area contributed by atoms with Crippen LogP contribution in [0, 0.1) is 5.41 Å².